The Kier molecular flexibility index (Phi) is 1.86. The second-order valence-corrected chi connectivity index (χ2v) is 3.16. The van der Waals surface area contributed by atoms with Gasteiger partial charge in [0.25, 0.3) is 6.47 Å². The van der Waals surface area contributed by atoms with E-state index in [-0.39, 0.29) is 0 Å². The zero-order valence-corrected chi connectivity index (χ0v) is 6.77. The van der Waals surface area contributed by atoms with Crippen LogP contribution < -0.4 is 4.74 Å². The second kappa shape index (κ2) is 3.01. The number of carbonyl (C=O) groups is 1. The predicted octanol–water partition coefficient (Wildman–Crippen LogP) is 1.43. The molecule has 1 saturated carbocycles. The maximum atomic E-state index is 10.1. The summed E-state index contributed by atoms with van der Waals surface area (Å²) < 4.78 is 6.77. The summed E-state index contributed by atoms with van der Waals surface area (Å²) in [6.07, 6.45) is 4.55. The number of carbonyl (C=O) groups excluding carboxylic acids is 1. The van der Waals surface area contributed by atoms with Gasteiger partial charge in [-0.3, -0.25) is 4.79 Å². The molecule has 0 aliphatic heterocycles. The van der Waals surface area contributed by atoms with Crippen LogP contribution in [0, 0.1) is 5.92 Å². The Hall–Kier alpha value is -1.25. The van der Waals surface area contributed by atoms with Crippen LogP contribution in [0.2, 0.25) is 0 Å². The SMILES string of the molecule is O=COc1cccn1CC1CC1. The molecule has 0 N–H and O–H groups in total. The van der Waals surface area contributed by atoms with Crippen LogP contribution in [0.25, 0.3) is 0 Å². The molecule has 0 unspecified atom stereocenters. The van der Waals surface area contributed by atoms with Gasteiger partial charge in [0.15, 0.2) is 0 Å². The third kappa shape index (κ3) is 1.49. The molecule has 1 aromatic rings. The van der Waals surface area contributed by atoms with Crippen molar-refractivity contribution < 1.29 is 9.53 Å². The van der Waals surface area contributed by atoms with Gasteiger partial charge in [-0.05, 0) is 24.8 Å². The Morgan fingerprint density at radius 2 is 2.50 bits per heavy atom. The van der Waals surface area contributed by atoms with Crippen molar-refractivity contribution in [3.05, 3.63) is 18.3 Å². The van der Waals surface area contributed by atoms with Crippen LogP contribution in [0.3, 0.4) is 0 Å². The predicted molar refractivity (Wildman–Crippen MR) is 43.8 cm³/mol. The van der Waals surface area contributed by atoms with Crippen molar-refractivity contribution in [3.63, 3.8) is 0 Å². The molecule has 3 nitrogen and oxygen atoms in total. The third-order valence-corrected chi connectivity index (χ3v) is 2.11. The van der Waals surface area contributed by atoms with Crippen LogP contribution in [0.5, 0.6) is 5.88 Å². The van der Waals surface area contributed by atoms with E-state index in [4.69, 9.17) is 4.74 Å². The van der Waals surface area contributed by atoms with Crippen molar-refractivity contribution in [2.75, 3.05) is 0 Å². The van der Waals surface area contributed by atoms with E-state index in [1.807, 2.05) is 16.8 Å². The minimum absolute atomic E-state index is 0.471. The molecular weight excluding hydrogens is 154 g/mol. The number of hydrogen-bond donors (Lipinski definition) is 0. The number of aromatic nitrogens is 1. The quantitative estimate of drug-likeness (QED) is 0.632. The summed E-state index contributed by atoms with van der Waals surface area (Å²) in [5.74, 6) is 1.45. The molecule has 3 heteroatoms. The van der Waals surface area contributed by atoms with Gasteiger partial charge < -0.3 is 9.30 Å². The molecule has 1 aliphatic carbocycles. The largest absolute Gasteiger partial charge is 0.412 e. The highest BCUT2D eigenvalue weighted by Crippen LogP contribution is 2.31. The summed E-state index contributed by atoms with van der Waals surface area (Å²) in [4.78, 5) is 10.1. The topological polar surface area (TPSA) is 31.2 Å². The molecule has 12 heavy (non-hydrogen) atoms. The van der Waals surface area contributed by atoms with Gasteiger partial charge in [-0.1, -0.05) is 0 Å². The molecule has 1 heterocycles. The Morgan fingerprint density at radius 1 is 1.67 bits per heavy atom. The summed E-state index contributed by atoms with van der Waals surface area (Å²) in [5.41, 5.74) is 0. The van der Waals surface area contributed by atoms with E-state index in [0.29, 0.717) is 12.4 Å². The van der Waals surface area contributed by atoms with Crippen LogP contribution in [-0.4, -0.2) is 11.0 Å². The monoisotopic (exact) mass is 165 g/mol. The Bertz CT molecular complexity index is 276. The van der Waals surface area contributed by atoms with E-state index in [9.17, 15) is 4.79 Å². The number of nitrogens with zero attached hydrogens (tertiary/aromatic N) is 1. The lowest BCUT2D eigenvalue weighted by Crippen LogP contribution is -2.01. The number of ether oxygens (including phenoxy) is 1. The van der Waals surface area contributed by atoms with Gasteiger partial charge in [-0.25, -0.2) is 0 Å². The molecule has 0 saturated heterocycles. The van der Waals surface area contributed by atoms with Gasteiger partial charge >= 0.3 is 0 Å². The Balaban J connectivity index is 2.06. The standard InChI is InChI=1S/C9H11NO2/c11-7-12-9-2-1-5-10(9)6-8-3-4-8/h1-2,5,7-8H,3-4,6H2. The van der Waals surface area contributed by atoms with E-state index in [1.165, 1.54) is 12.8 Å². The summed E-state index contributed by atoms with van der Waals surface area (Å²) in [6, 6.07) is 3.69. The normalized spacial score (nSPS) is 16.0. The summed E-state index contributed by atoms with van der Waals surface area (Å²) in [5, 5.41) is 0. The molecule has 1 fully saturated rings. The first-order chi connectivity index (χ1) is 5.90. The lowest BCUT2D eigenvalue weighted by atomic mass is 10.4. The van der Waals surface area contributed by atoms with Crippen molar-refractivity contribution in [2.45, 2.75) is 19.4 Å². The molecule has 0 radical (unpaired) electrons. The Morgan fingerprint density at radius 3 is 3.17 bits per heavy atom. The van der Waals surface area contributed by atoms with Crippen molar-refractivity contribution in [1.29, 1.82) is 0 Å². The lowest BCUT2D eigenvalue weighted by molar-refractivity contribution is -0.121. The molecule has 1 aromatic heterocycles. The second-order valence-electron chi connectivity index (χ2n) is 3.16. The van der Waals surface area contributed by atoms with E-state index in [2.05, 4.69) is 0 Å². The van der Waals surface area contributed by atoms with Crippen LogP contribution in [0.1, 0.15) is 12.8 Å². The van der Waals surface area contributed by atoms with E-state index >= 15 is 0 Å². The first kappa shape index (κ1) is 7.40. The van der Waals surface area contributed by atoms with Gasteiger partial charge in [0.1, 0.15) is 0 Å². The van der Waals surface area contributed by atoms with Crippen molar-refractivity contribution >= 4 is 6.47 Å². The van der Waals surface area contributed by atoms with E-state index in [0.717, 1.165) is 12.5 Å². The minimum atomic E-state index is 0.471. The molecular formula is C9H11NO2. The van der Waals surface area contributed by atoms with Gasteiger partial charge in [-0.15, -0.1) is 0 Å². The fourth-order valence-corrected chi connectivity index (χ4v) is 1.28. The minimum Gasteiger partial charge on any atom is -0.412 e. The number of hydrogen-bond acceptors (Lipinski definition) is 2. The van der Waals surface area contributed by atoms with Gasteiger partial charge in [-0.2, -0.15) is 0 Å². The van der Waals surface area contributed by atoms with Crippen LogP contribution in [0.4, 0.5) is 0 Å². The molecule has 0 spiro atoms. The first-order valence-electron chi connectivity index (χ1n) is 4.15. The number of rotatable bonds is 4. The van der Waals surface area contributed by atoms with Crippen LogP contribution >= 0.6 is 0 Å². The molecule has 64 valence electrons. The lowest BCUT2D eigenvalue weighted by Gasteiger charge is -2.04. The highest BCUT2D eigenvalue weighted by Gasteiger charge is 2.22. The summed E-state index contributed by atoms with van der Waals surface area (Å²) in [6.45, 7) is 1.45. The average molecular weight is 165 g/mol. The highest BCUT2D eigenvalue weighted by atomic mass is 16.5. The van der Waals surface area contributed by atoms with Gasteiger partial charge in [0, 0.05) is 18.8 Å². The maximum absolute atomic E-state index is 10.1. The third-order valence-electron chi connectivity index (χ3n) is 2.11. The fraction of sp³-hybridized carbons (Fsp3) is 0.444. The summed E-state index contributed by atoms with van der Waals surface area (Å²) >= 11 is 0. The van der Waals surface area contributed by atoms with Gasteiger partial charge in [0.05, 0.1) is 0 Å². The molecule has 0 bridgehead atoms. The fourth-order valence-electron chi connectivity index (χ4n) is 1.28. The van der Waals surface area contributed by atoms with Crippen molar-refractivity contribution in [3.8, 4) is 5.88 Å². The molecule has 2 rings (SSSR count). The molecule has 0 atom stereocenters. The average Bonchev–Trinajstić information content (AvgIpc) is 2.76. The van der Waals surface area contributed by atoms with E-state index < -0.39 is 0 Å². The maximum Gasteiger partial charge on any atom is 0.299 e. The highest BCUT2D eigenvalue weighted by molar-refractivity contribution is 5.43. The van der Waals surface area contributed by atoms with Crippen LogP contribution in [-0.2, 0) is 11.3 Å². The van der Waals surface area contributed by atoms with Gasteiger partial charge in [0.2, 0.25) is 5.88 Å². The molecule has 0 aromatic carbocycles. The van der Waals surface area contributed by atoms with Crippen molar-refractivity contribution in [1.82, 2.24) is 4.57 Å². The first-order valence-corrected chi connectivity index (χ1v) is 4.15. The van der Waals surface area contributed by atoms with Crippen molar-refractivity contribution in [2.24, 2.45) is 5.92 Å². The zero-order valence-electron chi connectivity index (χ0n) is 6.77. The summed E-state index contributed by atoms with van der Waals surface area (Å²) in [7, 11) is 0. The zero-order chi connectivity index (χ0) is 8.39. The van der Waals surface area contributed by atoms with E-state index in [1.54, 1.807) is 6.07 Å². The molecule has 1 aliphatic rings. The Labute approximate surface area is 70.9 Å². The smallest absolute Gasteiger partial charge is 0.299 e. The molecule has 0 amide bonds. The van der Waals surface area contributed by atoms with Crippen LogP contribution in [0.15, 0.2) is 18.3 Å².